The molecule has 2 aliphatic rings. The van der Waals surface area contributed by atoms with Gasteiger partial charge in [-0.2, -0.15) is 0 Å². The topological polar surface area (TPSA) is 39.1 Å². The summed E-state index contributed by atoms with van der Waals surface area (Å²) in [6.07, 6.45) is 10.5. The molecule has 2 fully saturated rings. The molecule has 2 atom stereocenters. The molecule has 2 heterocycles. The molecular weight excluding hydrogens is 238 g/mol. The second-order valence-corrected chi connectivity index (χ2v) is 5.89. The molecule has 1 aromatic rings. The van der Waals surface area contributed by atoms with E-state index in [4.69, 9.17) is 4.74 Å². The van der Waals surface area contributed by atoms with Gasteiger partial charge in [-0.1, -0.05) is 6.92 Å². The summed E-state index contributed by atoms with van der Waals surface area (Å²) in [5.74, 6) is 0.599. The normalized spacial score (nSPS) is 27.6. The van der Waals surface area contributed by atoms with E-state index in [1.54, 1.807) is 0 Å². The summed E-state index contributed by atoms with van der Waals surface area (Å²) >= 11 is 0. The van der Waals surface area contributed by atoms with Crippen LogP contribution >= 0.6 is 0 Å². The Balaban J connectivity index is 1.68. The van der Waals surface area contributed by atoms with Crippen molar-refractivity contribution in [2.45, 2.75) is 57.7 Å². The average Bonchev–Trinajstić information content (AvgIpc) is 3.16. The molecular formula is C15H25N3O. The van der Waals surface area contributed by atoms with Crippen LogP contribution in [-0.4, -0.2) is 28.7 Å². The summed E-state index contributed by atoms with van der Waals surface area (Å²) in [4.78, 5) is 4.32. The van der Waals surface area contributed by atoms with Crippen molar-refractivity contribution in [2.75, 3.05) is 13.2 Å². The number of rotatable bonds is 6. The highest BCUT2D eigenvalue weighted by Gasteiger charge is 2.31. The molecule has 2 unspecified atom stereocenters. The molecule has 19 heavy (non-hydrogen) atoms. The van der Waals surface area contributed by atoms with E-state index in [-0.39, 0.29) is 6.10 Å². The maximum Gasteiger partial charge on any atom is 0.103 e. The van der Waals surface area contributed by atoms with Crippen molar-refractivity contribution in [3.05, 3.63) is 18.2 Å². The van der Waals surface area contributed by atoms with Crippen molar-refractivity contribution >= 4 is 0 Å². The molecule has 1 saturated carbocycles. The van der Waals surface area contributed by atoms with E-state index in [1.165, 1.54) is 31.4 Å². The maximum atomic E-state index is 6.07. The Hall–Kier alpha value is -0.870. The standard InChI is InChI=1S/C15H25N3O/c1-2-7-18-11-16-10-14(18)15-12(4-3-8-19-15)9-17-13-5-6-13/h10-13,15,17H,2-9H2,1H3. The lowest BCUT2D eigenvalue weighted by Gasteiger charge is -2.32. The van der Waals surface area contributed by atoms with Gasteiger partial charge in [0.2, 0.25) is 0 Å². The van der Waals surface area contributed by atoms with Gasteiger partial charge in [-0.3, -0.25) is 0 Å². The highest BCUT2D eigenvalue weighted by molar-refractivity contribution is 5.06. The van der Waals surface area contributed by atoms with E-state index in [1.807, 2.05) is 12.5 Å². The molecule has 0 aromatic carbocycles. The minimum Gasteiger partial charge on any atom is -0.372 e. The zero-order valence-electron chi connectivity index (χ0n) is 11.8. The molecule has 1 aliphatic heterocycles. The summed E-state index contributed by atoms with van der Waals surface area (Å²) < 4.78 is 8.34. The van der Waals surface area contributed by atoms with Crippen molar-refractivity contribution in [1.29, 1.82) is 0 Å². The van der Waals surface area contributed by atoms with Crippen LogP contribution in [0.1, 0.15) is 50.8 Å². The third-order valence-corrected chi connectivity index (χ3v) is 4.19. The molecule has 0 amide bonds. The average molecular weight is 263 g/mol. The van der Waals surface area contributed by atoms with Crippen molar-refractivity contribution in [3.63, 3.8) is 0 Å². The minimum absolute atomic E-state index is 0.231. The lowest BCUT2D eigenvalue weighted by atomic mass is 9.92. The molecule has 106 valence electrons. The van der Waals surface area contributed by atoms with E-state index in [2.05, 4.69) is 21.8 Å². The molecule has 1 aliphatic carbocycles. The maximum absolute atomic E-state index is 6.07. The van der Waals surface area contributed by atoms with Crippen LogP contribution in [-0.2, 0) is 11.3 Å². The van der Waals surface area contributed by atoms with Crippen LogP contribution in [0.3, 0.4) is 0 Å². The largest absolute Gasteiger partial charge is 0.372 e. The summed E-state index contributed by atoms with van der Waals surface area (Å²) in [6.45, 7) is 5.23. The number of ether oxygens (including phenoxy) is 1. The molecule has 1 saturated heterocycles. The van der Waals surface area contributed by atoms with Crippen molar-refractivity contribution in [2.24, 2.45) is 5.92 Å². The second kappa shape index (κ2) is 6.06. The molecule has 4 nitrogen and oxygen atoms in total. The quantitative estimate of drug-likeness (QED) is 0.857. The molecule has 0 radical (unpaired) electrons. The fourth-order valence-corrected chi connectivity index (χ4v) is 2.98. The van der Waals surface area contributed by atoms with Crippen LogP contribution in [0.5, 0.6) is 0 Å². The van der Waals surface area contributed by atoms with Crippen molar-refractivity contribution in [3.8, 4) is 0 Å². The van der Waals surface area contributed by atoms with E-state index < -0.39 is 0 Å². The molecule has 1 aromatic heterocycles. The van der Waals surface area contributed by atoms with Crippen LogP contribution in [0.15, 0.2) is 12.5 Å². The molecule has 1 N–H and O–H groups in total. The first-order valence-electron chi connectivity index (χ1n) is 7.73. The number of hydrogen-bond acceptors (Lipinski definition) is 3. The summed E-state index contributed by atoms with van der Waals surface area (Å²) in [5, 5.41) is 3.66. The Kier molecular flexibility index (Phi) is 4.18. The van der Waals surface area contributed by atoms with E-state index >= 15 is 0 Å². The van der Waals surface area contributed by atoms with E-state index in [0.717, 1.165) is 32.2 Å². The Bertz CT molecular complexity index is 400. The van der Waals surface area contributed by atoms with Gasteiger partial charge < -0.3 is 14.6 Å². The highest BCUT2D eigenvalue weighted by atomic mass is 16.5. The first-order chi connectivity index (χ1) is 9.38. The van der Waals surface area contributed by atoms with Crippen LogP contribution in [0.25, 0.3) is 0 Å². The van der Waals surface area contributed by atoms with Crippen molar-refractivity contribution in [1.82, 2.24) is 14.9 Å². The Labute approximate surface area is 115 Å². The first-order valence-corrected chi connectivity index (χ1v) is 7.73. The molecule has 0 bridgehead atoms. The second-order valence-electron chi connectivity index (χ2n) is 5.89. The molecule has 0 spiro atoms. The predicted molar refractivity (Wildman–Crippen MR) is 75.0 cm³/mol. The zero-order chi connectivity index (χ0) is 13.1. The Morgan fingerprint density at radius 1 is 1.42 bits per heavy atom. The van der Waals surface area contributed by atoms with Gasteiger partial charge in [0.15, 0.2) is 0 Å². The van der Waals surface area contributed by atoms with Gasteiger partial charge >= 0.3 is 0 Å². The van der Waals surface area contributed by atoms with Gasteiger partial charge in [0.25, 0.3) is 0 Å². The van der Waals surface area contributed by atoms with Crippen LogP contribution in [0, 0.1) is 5.92 Å². The summed E-state index contributed by atoms with van der Waals surface area (Å²) in [5.41, 5.74) is 1.27. The van der Waals surface area contributed by atoms with Gasteiger partial charge in [0.1, 0.15) is 6.10 Å². The smallest absolute Gasteiger partial charge is 0.103 e. The van der Waals surface area contributed by atoms with Gasteiger partial charge in [-0.25, -0.2) is 4.98 Å². The third-order valence-electron chi connectivity index (χ3n) is 4.19. The Morgan fingerprint density at radius 3 is 3.11 bits per heavy atom. The van der Waals surface area contributed by atoms with Gasteiger partial charge in [-0.15, -0.1) is 0 Å². The van der Waals surface area contributed by atoms with Gasteiger partial charge in [0, 0.05) is 31.7 Å². The fourth-order valence-electron chi connectivity index (χ4n) is 2.98. The third kappa shape index (κ3) is 3.18. The number of imidazole rings is 1. The number of nitrogens with zero attached hydrogens (tertiary/aromatic N) is 2. The zero-order valence-corrected chi connectivity index (χ0v) is 11.8. The van der Waals surface area contributed by atoms with Crippen LogP contribution < -0.4 is 5.32 Å². The lowest BCUT2D eigenvalue weighted by molar-refractivity contribution is -0.0323. The number of aromatic nitrogens is 2. The lowest BCUT2D eigenvalue weighted by Crippen LogP contribution is -2.33. The number of nitrogens with one attached hydrogen (secondary N) is 1. The molecule has 4 heteroatoms. The number of aryl methyl sites for hydroxylation is 1. The van der Waals surface area contributed by atoms with E-state index in [9.17, 15) is 0 Å². The van der Waals surface area contributed by atoms with Gasteiger partial charge in [-0.05, 0) is 32.1 Å². The Morgan fingerprint density at radius 2 is 2.32 bits per heavy atom. The number of hydrogen-bond donors (Lipinski definition) is 1. The summed E-state index contributed by atoms with van der Waals surface area (Å²) in [7, 11) is 0. The molecule has 3 rings (SSSR count). The van der Waals surface area contributed by atoms with Gasteiger partial charge in [0.05, 0.1) is 18.2 Å². The SMILES string of the molecule is CCCn1cncc1C1OCCCC1CNC1CC1. The fraction of sp³-hybridized carbons (Fsp3) is 0.800. The monoisotopic (exact) mass is 263 g/mol. The van der Waals surface area contributed by atoms with Crippen molar-refractivity contribution < 1.29 is 4.74 Å². The van der Waals surface area contributed by atoms with Crippen LogP contribution in [0.4, 0.5) is 0 Å². The minimum atomic E-state index is 0.231. The highest BCUT2D eigenvalue weighted by Crippen LogP contribution is 2.34. The van der Waals surface area contributed by atoms with Crippen LogP contribution in [0.2, 0.25) is 0 Å². The summed E-state index contributed by atoms with van der Waals surface area (Å²) in [6, 6.07) is 0.781. The van der Waals surface area contributed by atoms with E-state index in [0.29, 0.717) is 5.92 Å². The first kappa shape index (κ1) is 13.1. The predicted octanol–water partition coefficient (Wildman–Crippen LogP) is 2.51.